The summed E-state index contributed by atoms with van der Waals surface area (Å²) in [6.45, 7) is 1.47. The second kappa shape index (κ2) is 7.24. The van der Waals surface area contributed by atoms with Gasteiger partial charge < -0.3 is 15.0 Å². The molecule has 17 heavy (non-hydrogen) atoms. The number of carbonyl (C=O) groups is 1. The van der Waals surface area contributed by atoms with Crippen LogP contribution in [0, 0.1) is 0 Å². The summed E-state index contributed by atoms with van der Waals surface area (Å²) in [7, 11) is 0.627. The van der Waals surface area contributed by atoms with Gasteiger partial charge in [0.15, 0.2) is 0 Å². The summed E-state index contributed by atoms with van der Waals surface area (Å²) in [6.07, 6.45) is 2.58. The Morgan fingerprint density at radius 2 is 2.29 bits per heavy atom. The van der Waals surface area contributed by atoms with Gasteiger partial charge >= 0.3 is 5.97 Å². The number of aromatic nitrogens is 1. The van der Waals surface area contributed by atoms with E-state index in [9.17, 15) is 9.00 Å². The molecule has 0 aliphatic heterocycles. The van der Waals surface area contributed by atoms with Crippen LogP contribution in [-0.2, 0) is 22.1 Å². The maximum Gasteiger partial charge on any atom is 0.354 e. The van der Waals surface area contributed by atoms with E-state index in [4.69, 9.17) is 0 Å². The highest BCUT2D eigenvalue weighted by Gasteiger charge is 2.07. The van der Waals surface area contributed by atoms with Crippen LogP contribution in [0.4, 0.5) is 0 Å². The Kier molecular flexibility index (Phi) is 5.93. The lowest BCUT2D eigenvalue weighted by Gasteiger charge is -2.02. The Labute approximate surface area is 103 Å². The fraction of sp³-hybridized carbons (Fsp3) is 0.545. The summed E-state index contributed by atoms with van der Waals surface area (Å²) in [4.78, 5) is 14.1. The molecule has 0 aliphatic carbocycles. The minimum atomic E-state index is -0.726. The molecule has 0 aromatic carbocycles. The van der Waals surface area contributed by atoms with Crippen LogP contribution in [0.15, 0.2) is 12.1 Å². The Bertz CT molecular complexity index is 390. The smallest absolute Gasteiger partial charge is 0.354 e. The average Bonchev–Trinajstić information content (AvgIpc) is 2.76. The van der Waals surface area contributed by atoms with Crippen LogP contribution < -0.4 is 5.32 Å². The number of hydrogen-bond acceptors (Lipinski definition) is 4. The zero-order chi connectivity index (χ0) is 12.7. The topological polar surface area (TPSA) is 71.2 Å². The van der Waals surface area contributed by atoms with E-state index in [1.165, 1.54) is 7.11 Å². The predicted octanol–water partition coefficient (Wildman–Crippen LogP) is 0.659. The van der Waals surface area contributed by atoms with E-state index in [2.05, 4.69) is 15.0 Å². The Hall–Kier alpha value is -1.14. The lowest BCUT2D eigenvalue weighted by molar-refractivity contribution is 0.0594. The van der Waals surface area contributed by atoms with E-state index >= 15 is 0 Å². The van der Waals surface area contributed by atoms with Gasteiger partial charge in [0.25, 0.3) is 0 Å². The molecule has 0 saturated heterocycles. The second-order valence-corrected chi connectivity index (χ2v) is 5.25. The minimum Gasteiger partial charge on any atom is -0.464 e. The predicted molar refractivity (Wildman–Crippen MR) is 67.4 cm³/mol. The molecule has 1 heterocycles. The van der Waals surface area contributed by atoms with Crippen molar-refractivity contribution < 1.29 is 13.7 Å². The van der Waals surface area contributed by atoms with Crippen LogP contribution in [-0.4, -0.2) is 40.8 Å². The largest absolute Gasteiger partial charge is 0.464 e. The van der Waals surface area contributed by atoms with Crippen molar-refractivity contribution in [2.75, 3.05) is 25.7 Å². The van der Waals surface area contributed by atoms with Gasteiger partial charge in [-0.1, -0.05) is 0 Å². The first-order valence-electron chi connectivity index (χ1n) is 5.40. The molecule has 0 fully saturated rings. The van der Waals surface area contributed by atoms with Gasteiger partial charge in [-0.25, -0.2) is 4.79 Å². The van der Waals surface area contributed by atoms with Crippen molar-refractivity contribution in [1.29, 1.82) is 0 Å². The molecule has 0 radical (unpaired) electrons. The Morgan fingerprint density at radius 1 is 1.53 bits per heavy atom. The van der Waals surface area contributed by atoms with Crippen molar-refractivity contribution in [3.63, 3.8) is 0 Å². The number of esters is 1. The zero-order valence-corrected chi connectivity index (χ0v) is 10.9. The van der Waals surface area contributed by atoms with Gasteiger partial charge in [-0.05, 0) is 25.1 Å². The van der Waals surface area contributed by atoms with Crippen molar-refractivity contribution in [2.24, 2.45) is 0 Å². The molecule has 0 bridgehead atoms. The van der Waals surface area contributed by atoms with E-state index in [1.807, 2.05) is 6.07 Å². The number of ether oxygens (including phenoxy) is 1. The molecule has 96 valence electrons. The van der Waals surface area contributed by atoms with Gasteiger partial charge in [0, 0.05) is 35.0 Å². The molecule has 1 unspecified atom stereocenters. The fourth-order valence-electron chi connectivity index (χ4n) is 1.40. The van der Waals surface area contributed by atoms with Gasteiger partial charge in [-0.2, -0.15) is 0 Å². The van der Waals surface area contributed by atoms with Crippen LogP contribution in [0.2, 0.25) is 0 Å². The lowest BCUT2D eigenvalue weighted by atomic mass is 10.4. The van der Waals surface area contributed by atoms with Crippen molar-refractivity contribution in [3.05, 3.63) is 23.5 Å². The summed E-state index contributed by atoms with van der Waals surface area (Å²) < 4.78 is 15.4. The number of hydrogen-bond donors (Lipinski definition) is 2. The third-order valence-corrected chi connectivity index (χ3v) is 3.12. The number of methoxy groups -OCH3 is 1. The van der Waals surface area contributed by atoms with E-state index in [0.717, 1.165) is 18.7 Å². The highest BCUT2D eigenvalue weighted by atomic mass is 32.2. The minimum absolute atomic E-state index is 0.363. The lowest BCUT2D eigenvalue weighted by Crippen LogP contribution is -2.17. The Balaban J connectivity index is 2.25. The molecule has 2 N–H and O–H groups in total. The molecule has 0 aliphatic rings. The van der Waals surface area contributed by atoms with Crippen molar-refractivity contribution in [1.82, 2.24) is 10.3 Å². The molecule has 0 saturated carbocycles. The first-order valence-corrected chi connectivity index (χ1v) is 7.13. The monoisotopic (exact) mass is 258 g/mol. The SMILES string of the molecule is COC(=O)c1ccc(CNCCCS(C)=O)[nH]1. The number of aromatic amines is 1. The maximum absolute atomic E-state index is 11.2. The molecule has 0 amide bonds. The fourth-order valence-corrected chi connectivity index (χ4v) is 1.95. The molecular weight excluding hydrogens is 240 g/mol. The number of carbonyl (C=O) groups excluding carboxylic acids is 1. The molecule has 0 spiro atoms. The molecule has 5 nitrogen and oxygen atoms in total. The summed E-state index contributed by atoms with van der Waals surface area (Å²) >= 11 is 0. The van der Waals surface area contributed by atoms with Crippen molar-refractivity contribution in [3.8, 4) is 0 Å². The summed E-state index contributed by atoms with van der Waals surface area (Å²) in [5.74, 6) is 0.350. The van der Waals surface area contributed by atoms with E-state index in [0.29, 0.717) is 18.0 Å². The summed E-state index contributed by atoms with van der Waals surface area (Å²) in [6, 6.07) is 3.54. The molecular formula is C11H18N2O3S. The normalized spacial score (nSPS) is 12.4. The third-order valence-electron chi connectivity index (χ3n) is 2.25. The first-order chi connectivity index (χ1) is 8.13. The quantitative estimate of drug-likeness (QED) is 0.557. The van der Waals surface area contributed by atoms with Gasteiger partial charge in [0.2, 0.25) is 0 Å². The van der Waals surface area contributed by atoms with Crippen LogP contribution in [0.3, 0.4) is 0 Å². The van der Waals surface area contributed by atoms with Crippen molar-refractivity contribution in [2.45, 2.75) is 13.0 Å². The van der Waals surface area contributed by atoms with E-state index in [-0.39, 0.29) is 5.97 Å². The van der Waals surface area contributed by atoms with Crippen LogP contribution >= 0.6 is 0 Å². The highest BCUT2D eigenvalue weighted by Crippen LogP contribution is 2.02. The van der Waals surface area contributed by atoms with Crippen LogP contribution in [0.25, 0.3) is 0 Å². The Morgan fingerprint density at radius 3 is 2.94 bits per heavy atom. The van der Waals surface area contributed by atoms with E-state index < -0.39 is 10.8 Å². The van der Waals surface area contributed by atoms with Crippen LogP contribution in [0.1, 0.15) is 22.6 Å². The summed E-state index contributed by atoms with van der Waals surface area (Å²) in [5, 5.41) is 3.21. The van der Waals surface area contributed by atoms with Gasteiger partial charge in [-0.15, -0.1) is 0 Å². The van der Waals surface area contributed by atoms with Gasteiger partial charge in [0.1, 0.15) is 5.69 Å². The first kappa shape index (κ1) is 13.9. The highest BCUT2D eigenvalue weighted by molar-refractivity contribution is 7.84. The standard InChI is InChI=1S/C11H18N2O3S/c1-16-11(14)10-5-4-9(13-10)8-12-6-3-7-17(2)15/h4-5,12-13H,3,6-8H2,1-2H3. The number of nitrogens with one attached hydrogen (secondary N) is 2. The maximum atomic E-state index is 11.2. The van der Waals surface area contributed by atoms with Crippen LogP contribution in [0.5, 0.6) is 0 Å². The van der Waals surface area contributed by atoms with Gasteiger partial charge in [0.05, 0.1) is 7.11 Å². The second-order valence-electron chi connectivity index (χ2n) is 3.70. The molecule has 6 heteroatoms. The number of rotatable bonds is 7. The molecule has 1 aromatic heterocycles. The molecule has 1 aromatic rings. The summed E-state index contributed by atoms with van der Waals surface area (Å²) in [5.41, 5.74) is 1.39. The van der Waals surface area contributed by atoms with E-state index in [1.54, 1.807) is 12.3 Å². The molecule has 1 rings (SSSR count). The zero-order valence-electron chi connectivity index (χ0n) is 10.1. The van der Waals surface area contributed by atoms with Crippen molar-refractivity contribution >= 4 is 16.8 Å². The third kappa shape index (κ3) is 5.14. The molecule has 1 atom stereocenters. The number of H-pyrrole nitrogens is 1. The average molecular weight is 258 g/mol. The van der Waals surface area contributed by atoms with Gasteiger partial charge in [-0.3, -0.25) is 4.21 Å².